The number of hydrogen-bond donors (Lipinski definition) is 0. The normalized spacial score (nSPS) is 26.9. The third-order valence-corrected chi connectivity index (χ3v) is 23.8. The van der Waals surface area contributed by atoms with E-state index >= 15 is 0 Å². The average Bonchev–Trinajstić information content (AvgIpc) is 3.08. The summed E-state index contributed by atoms with van der Waals surface area (Å²) in [5.41, 5.74) is -0.717. The lowest BCUT2D eigenvalue weighted by Crippen LogP contribution is -2.64. The lowest BCUT2D eigenvalue weighted by molar-refractivity contribution is -0.133. The Morgan fingerprint density at radius 3 is 1.55 bits per heavy atom. The van der Waals surface area contributed by atoms with Gasteiger partial charge in [-0.15, -0.1) is 0 Å². The van der Waals surface area contributed by atoms with E-state index in [1.54, 1.807) is 0 Å². The van der Waals surface area contributed by atoms with Crippen LogP contribution in [-0.4, -0.2) is 71.8 Å². The van der Waals surface area contributed by atoms with Crippen molar-refractivity contribution in [2.75, 3.05) is 0 Å². The molecule has 2 amide bonds. The number of likely N-dealkylation sites (tertiary alicyclic amines) is 1. The molecule has 5 atom stereocenters. The number of amides is 2. The van der Waals surface area contributed by atoms with Gasteiger partial charge in [-0.25, -0.2) is 9.69 Å². The zero-order chi connectivity index (χ0) is 31.3. The van der Waals surface area contributed by atoms with Crippen molar-refractivity contribution in [3.63, 3.8) is 0 Å². The summed E-state index contributed by atoms with van der Waals surface area (Å²) < 4.78 is 27.5. The topological polar surface area (TPSA) is 74.3 Å². The second kappa shape index (κ2) is 11.9. The molecular weight excluding hydrogens is 555 g/mol. The van der Waals surface area contributed by atoms with Crippen LogP contribution in [0, 0.1) is 5.92 Å². The number of hydrogen-bond acceptors (Lipinski definition) is 6. The Labute approximate surface area is 248 Å². The number of fused-ring (bicyclic) bond motifs is 2. The fourth-order valence-electron chi connectivity index (χ4n) is 5.29. The van der Waals surface area contributed by atoms with E-state index in [1.807, 2.05) is 20.8 Å². The van der Waals surface area contributed by atoms with Gasteiger partial charge in [-0.2, -0.15) is 0 Å². The summed E-state index contributed by atoms with van der Waals surface area (Å²) >= 11 is 0. The van der Waals surface area contributed by atoms with Crippen LogP contribution in [0.1, 0.15) is 89.5 Å². The summed E-state index contributed by atoms with van der Waals surface area (Å²) in [7, 11) is -6.80. The van der Waals surface area contributed by atoms with Crippen LogP contribution in [0.2, 0.25) is 54.4 Å². The van der Waals surface area contributed by atoms with Gasteiger partial charge in [0.25, 0.3) is 0 Å². The van der Waals surface area contributed by atoms with Gasteiger partial charge in [0.15, 0.2) is 25.0 Å². The van der Waals surface area contributed by atoms with Crippen LogP contribution in [0.5, 0.6) is 0 Å². The maximum Gasteiger partial charge on any atom is 0.417 e. The SMILES string of the molecule is CC[Si](CC)(CC)O[C@H]1[C@@H](O[Si](C)(C)C(C)(C)C)[C@H](O[Si](C)(C)C(C)(C)C)[C@@H]2C[C@H]1C(=O)N2C(=O)OC(C)(C)C. The summed E-state index contributed by atoms with van der Waals surface area (Å²) in [6, 6.07) is 2.46. The molecule has 0 aromatic carbocycles. The fraction of sp³-hybridized carbons (Fsp3) is 0.933. The van der Waals surface area contributed by atoms with E-state index in [9.17, 15) is 9.59 Å². The van der Waals surface area contributed by atoms with Crippen molar-refractivity contribution in [1.82, 2.24) is 4.90 Å². The van der Waals surface area contributed by atoms with Crippen LogP contribution in [-0.2, 0) is 22.8 Å². The first-order valence-corrected chi connectivity index (χ1v) is 23.8. The molecule has 0 aromatic heterocycles. The summed E-state index contributed by atoms with van der Waals surface area (Å²) in [6.07, 6.45) is -1.45. The lowest BCUT2D eigenvalue weighted by atomic mass is 9.83. The van der Waals surface area contributed by atoms with E-state index < -0.39 is 66.9 Å². The van der Waals surface area contributed by atoms with E-state index in [-0.39, 0.29) is 16.0 Å². The van der Waals surface area contributed by atoms with Crippen LogP contribution >= 0.6 is 0 Å². The van der Waals surface area contributed by atoms with Crippen LogP contribution in [0.4, 0.5) is 4.79 Å². The molecule has 40 heavy (non-hydrogen) atoms. The fourth-order valence-corrected chi connectivity index (χ4v) is 10.8. The largest absolute Gasteiger partial charge is 0.443 e. The lowest BCUT2D eigenvalue weighted by Gasteiger charge is -2.52. The van der Waals surface area contributed by atoms with Gasteiger partial charge in [-0.3, -0.25) is 4.79 Å². The maximum absolute atomic E-state index is 14.2. The van der Waals surface area contributed by atoms with Crippen molar-refractivity contribution in [3.05, 3.63) is 0 Å². The molecule has 1 aliphatic carbocycles. The molecule has 0 spiro atoms. The Morgan fingerprint density at radius 1 is 0.750 bits per heavy atom. The first-order valence-electron chi connectivity index (χ1n) is 15.5. The van der Waals surface area contributed by atoms with E-state index in [0.29, 0.717) is 6.42 Å². The minimum absolute atomic E-state index is 0.0424. The van der Waals surface area contributed by atoms with Gasteiger partial charge in [0.2, 0.25) is 5.91 Å². The number of rotatable bonds is 9. The molecule has 0 radical (unpaired) electrons. The summed E-state index contributed by atoms with van der Waals surface area (Å²) in [6.45, 7) is 34.5. The smallest absolute Gasteiger partial charge is 0.417 e. The van der Waals surface area contributed by atoms with Crippen molar-refractivity contribution in [2.45, 2.75) is 174 Å². The average molecular weight is 616 g/mol. The molecule has 1 saturated carbocycles. The highest BCUT2D eigenvalue weighted by Crippen LogP contribution is 2.49. The molecule has 7 nitrogen and oxygen atoms in total. The molecular formula is C30H61NO6Si3. The molecule has 1 heterocycles. The molecule has 1 saturated heterocycles. The minimum Gasteiger partial charge on any atom is -0.443 e. The van der Waals surface area contributed by atoms with Gasteiger partial charge >= 0.3 is 6.09 Å². The molecule has 0 N–H and O–H groups in total. The number of imide groups is 1. The van der Waals surface area contributed by atoms with Crippen LogP contribution in [0.15, 0.2) is 0 Å². The Balaban J connectivity index is 2.78. The van der Waals surface area contributed by atoms with Gasteiger partial charge < -0.3 is 18.0 Å². The monoisotopic (exact) mass is 615 g/mol. The van der Waals surface area contributed by atoms with Crippen molar-refractivity contribution in [1.29, 1.82) is 0 Å². The summed E-state index contributed by atoms with van der Waals surface area (Å²) in [5, 5.41) is -0.102. The van der Waals surface area contributed by atoms with E-state index in [1.165, 1.54) is 4.90 Å². The minimum atomic E-state index is -2.34. The highest BCUT2D eigenvalue weighted by Gasteiger charge is 2.63. The summed E-state index contributed by atoms with van der Waals surface area (Å²) in [4.78, 5) is 29.1. The maximum atomic E-state index is 14.2. The van der Waals surface area contributed by atoms with E-state index in [0.717, 1.165) is 18.1 Å². The van der Waals surface area contributed by atoms with Crippen molar-refractivity contribution >= 4 is 37.0 Å². The molecule has 1 aliphatic heterocycles. The zero-order valence-electron chi connectivity index (χ0n) is 28.6. The molecule has 0 aromatic rings. The summed E-state index contributed by atoms with van der Waals surface area (Å²) in [5.74, 6) is -0.663. The molecule has 10 heteroatoms. The molecule has 0 unspecified atom stereocenters. The second-order valence-corrected chi connectivity index (χ2v) is 30.3. The van der Waals surface area contributed by atoms with Gasteiger partial charge in [0.05, 0.1) is 30.3 Å². The van der Waals surface area contributed by atoms with E-state index in [2.05, 4.69) is 88.5 Å². The zero-order valence-corrected chi connectivity index (χ0v) is 31.6. The first kappa shape index (κ1) is 35.7. The van der Waals surface area contributed by atoms with Crippen molar-refractivity contribution in [2.24, 2.45) is 5.92 Å². The number of carbonyl (C=O) groups excluding carboxylic acids is 2. The third-order valence-electron chi connectivity index (χ3n) is 10.2. The van der Waals surface area contributed by atoms with Gasteiger partial charge in [0, 0.05) is 0 Å². The highest BCUT2D eigenvalue weighted by atomic mass is 28.4. The van der Waals surface area contributed by atoms with E-state index in [4.69, 9.17) is 18.0 Å². The molecule has 2 aliphatic rings. The van der Waals surface area contributed by atoms with Gasteiger partial charge in [0.1, 0.15) is 5.60 Å². The standard InChI is InChI=1S/C30H61NO6Si3/c1-17-40(18-2,19-3)37-23-21-20-22(31(26(21)32)27(33)34-28(4,5)6)24(35-38(13,14)29(7,8)9)25(23)36-39(15,16)30(10,11)12/h21-25H,17-20H2,1-16H3/t21-,22+,23-,24-,25-/m1/s1. The first-order chi connectivity index (χ1) is 17.9. The Kier molecular flexibility index (Phi) is 10.6. The van der Waals surface area contributed by atoms with Crippen LogP contribution < -0.4 is 0 Å². The number of carbonyl (C=O) groups is 2. The Bertz CT molecular complexity index is 906. The Morgan fingerprint density at radius 2 is 1.18 bits per heavy atom. The molecule has 2 bridgehead atoms. The number of ether oxygens (including phenoxy) is 1. The second-order valence-electron chi connectivity index (χ2n) is 16.1. The van der Waals surface area contributed by atoms with Crippen LogP contribution in [0.25, 0.3) is 0 Å². The number of nitrogens with zero attached hydrogens (tertiary/aromatic N) is 1. The predicted molar refractivity (Wildman–Crippen MR) is 171 cm³/mol. The van der Waals surface area contributed by atoms with Crippen molar-refractivity contribution in [3.8, 4) is 0 Å². The molecule has 2 fully saturated rings. The van der Waals surface area contributed by atoms with Gasteiger partial charge in [-0.05, 0) is 81.6 Å². The predicted octanol–water partition coefficient (Wildman–Crippen LogP) is 8.32. The Hall–Kier alpha value is -0.529. The molecule has 234 valence electrons. The third kappa shape index (κ3) is 7.33. The van der Waals surface area contributed by atoms with Crippen molar-refractivity contribution < 1.29 is 27.6 Å². The van der Waals surface area contributed by atoms with Crippen LogP contribution in [0.3, 0.4) is 0 Å². The van der Waals surface area contributed by atoms with Gasteiger partial charge in [-0.1, -0.05) is 62.3 Å². The quantitative estimate of drug-likeness (QED) is 0.243. The molecule has 2 rings (SSSR count). The highest BCUT2D eigenvalue weighted by molar-refractivity contribution is 6.75.